The van der Waals surface area contributed by atoms with Gasteiger partial charge in [0.05, 0.1) is 19.3 Å². The molecule has 0 bridgehead atoms. The summed E-state index contributed by atoms with van der Waals surface area (Å²) in [6.45, 7) is 3.24. The molecule has 0 aliphatic carbocycles. The highest BCUT2D eigenvalue weighted by Crippen LogP contribution is 2.20. The first-order chi connectivity index (χ1) is 10.3. The number of hydrogen-bond acceptors (Lipinski definition) is 4. The monoisotopic (exact) mass is 289 g/mol. The van der Waals surface area contributed by atoms with E-state index in [9.17, 15) is 4.79 Å². The van der Waals surface area contributed by atoms with E-state index in [4.69, 9.17) is 4.74 Å². The average molecular weight is 289 g/mol. The number of carbonyl (C=O) groups excluding carboxylic acids is 1. The van der Waals surface area contributed by atoms with Crippen LogP contribution in [-0.2, 0) is 16.0 Å². The molecule has 2 aliphatic heterocycles. The Morgan fingerprint density at radius 2 is 2.05 bits per heavy atom. The number of aromatic nitrogens is 1. The van der Waals surface area contributed by atoms with Gasteiger partial charge in [-0.15, -0.1) is 0 Å². The third-order valence-electron chi connectivity index (χ3n) is 4.48. The molecule has 0 spiro atoms. The molecular weight excluding hydrogens is 266 g/mol. The fourth-order valence-corrected chi connectivity index (χ4v) is 3.17. The second kappa shape index (κ2) is 7.00. The van der Waals surface area contributed by atoms with Gasteiger partial charge in [0, 0.05) is 24.2 Å². The van der Waals surface area contributed by atoms with Gasteiger partial charge in [-0.05, 0) is 50.0 Å². The molecule has 1 aromatic rings. The van der Waals surface area contributed by atoms with Gasteiger partial charge in [-0.2, -0.15) is 0 Å². The number of pyridine rings is 1. The fraction of sp³-hybridized carbons (Fsp3) is 0.625. The van der Waals surface area contributed by atoms with Crippen LogP contribution in [0.15, 0.2) is 24.5 Å². The van der Waals surface area contributed by atoms with E-state index in [0.717, 1.165) is 39.0 Å². The molecular formula is C16H23N3O2. The van der Waals surface area contributed by atoms with Crippen LogP contribution in [0.2, 0.25) is 0 Å². The van der Waals surface area contributed by atoms with Crippen molar-refractivity contribution in [2.45, 2.75) is 25.3 Å². The normalized spacial score (nSPS) is 26.7. The lowest BCUT2D eigenvalue weighted by molar-refractivity contribution is -0.126. The summed E-state index contributed by atoms with van der Waals surface area (Å²) in [7, 11) is 0. The van der Waals surface area contributed by atoms with Crippen LogP contribution in [0.5, 0.6) is 0 Å². The number of nitrogens with one attached hydrogen (secondary N) is 2. The van der Waals surface area contributed by atoms with Crippen molar-refractivity contribution in [1.29, 1.82) is 0 Å². The Morgan fingerprint density at radius 3 is 2.81 bits per heavy atom. The molecule has 114 valence electrons. The minimum absolute atomic E-state index is 0.139. The summed E-state index contributed by atoms with van der Waals surface area (Å²) >= 11 is 0. The molecule has 3 heterocycles. The Morgan fingerprint density at radius 1 is 1.29 bits per heavy atom. The van der Waals surface area contributed by atoms with Crippen molar-refractivity contribution in [3.63, 3.8) is 0 Å². The average Bonchev–Trinajstić information content (AvgIpc) is 2.96. The van der Waals surface area contributed by atoms with E-state index in [2.05, 4.69) is 15.6 Å². The smallest absolute Gasteiger partial charge is 0.223 e. The third-order valence-corrected chi connectivity index (χ3v) is 4.48. The second-order valence-corrected chi connectivity index (χ2v) is 6.00. The van der Waals surface area contributed by atoms with E-state index in [1.54, 1.807) is 0 Å². The Labute approximate surface area is 125 Å². The molecule has 3 rings (SSSR count). The van der Waals surface area contributed by atoms with Gasteiger partial charge >= 0.3 is 0 Å². The predicted molar refractivity (Wildman–Crippen MR) is 79.8 cm³/mol. The molecule has 5 nitrogen and oxygen atoms in total. The van der Waals surface area contributed by atoms with Crippen LogP contribution in [0.3, 0.4) is 0 Å². The van der Waals surface area contributed by atoms with Crippen LogP contribution in [0.4, 0.5) is 0 Å². The molecule has 0 radical (unpaired) electrons. The van der Waals surface area contributed by atoms with Crippen molar-refractivity contribution in [1.82, 2.24) is 15.6 Å². The first-order valence-corrected chi connectivity index (χ1v) is 7.80. The van der Waals surface area contributed by atoms with E-state index in [-0.39, 0.29) is 17.9 Å². The first kappa shape index (κ1) is 14.5. The van der Waals surface area contributed by atoms with E-state index in [1.165, 1.54) is 5.56 Å². The lowest BCUT2D eigenvalue weighted by Crippen LogP contribution is -2.45. The Balaban J connectivity index is 1.55. The minimum Gasteiger partial charge on any atom is -0.379 e. The highest BCUT2D eigenvalue weighted by molar-refractivity contribution is 5.79. The molecule has 0 saturated carbocycles. The van der Waals surface area contributed by atoms with Crippen LogP contribution in [-0.4, -0.2) is 43.2 Å². The predicted octanol–water partition coefficient (Wildman–Crippen LogP) is 0.755. The number of carbonyl (C=O) groups is 1. The molecule has 2 saturated heterocycles. The first-order valence-electron chi connectivity index (χ1n) is 7.80. The van der Waals surface area contributed by atoms with Gasteiger partial charge in [-0.25, -0.2) is 0 Å². The lowest BCUT2D eigenvalue weighted by Gasteiger charge is -2.25. The number of ether oxygens (including phenoxy) is 1. The zero-order valence-corrected chi connectivity index (χ0v) is 12.3. The summed E-state index contributed by atoms with van der Waals surface area (Å²) in [5.41, 5.74) is 1.25. The van der Waals surface area contributed by atoms with Gasteiger partial charge in [-0.1, -0.05) is 0 Å². The SMILES string of the molecule is O=C(N[C@@H]1COC[C@H]1Cc1ccncc1)C1CCNCC1. The summed E-state index contributed by atoms with van der Waals surface area (Å²) in [5, 5.41) is 6.51. The largest absolute Gasteiger partial charge is 0.379 e. The van der Waals surface area contributed by atoms with Crippen molar-refractivity contribution in [2.24, 2.45) is 11.8 Å². The van der Waals surface area contributed by atoms with Crippen molar-refractivity contribution in [3.05, 3.63) is 30.1 Å². The standard InChI is InChI=1S/C16H23N3O2/c20-16(13-3-7-18-8-4-13)19-15-11-21-10-14(15)9-12-1-5-17-6-2-12/h1-2,5-6,13-15,18H,3-4,7-11H2,(H,19,20)/t14-,15-/m1/s1. The van der Waals surface area contributed by atoms with E-state index in [0.29, 0.717) is 12.5 Å². The summed E-state index contributed by atoms with van der Waals surface area (Å²) in [6.07, 6.45) is 6.43. The van der Waals surface area contributed by atoms with Crippen molar-refractivity contribution >= 4 is 5.91 Å². The maximum absolute atomic E-state index is 12.3. The summed E-state index contributed by atoms with van der Waals surface area (Å²) < 4.78 is 5.59. The molecule has 5 heteroatoms. The van der Waals surface area contributed by atoms with Crippen molar-refractivity contribution in [3.8, 4) is 0 Å². The van der Waals surface area contributed by atoms with Crippen LogP contribution in [0, 0.1) is 11.8 Å². The fourth-order valence-electron chi connectivity index (χ4n) is 3.17. The Hall–Kier alpha value is -1.46. The summed E-state index contributed by atoms with van der Waals surface area (Å²) in [4.78, 5) is 16.4. The van der Waals surface area contributed by atoms with Gasteiger partial charge in [-0.3, -0.25) is 9.78 Å². The molecule has 21 heavy (non-hydrogen) atoms. The van der Waals surface area contributed by atoms with Gasteiger partial charge in [0.2, 0.25) is 5.91 Å². The topological polar surface area (TPSA) is 63.2 Å². The molecule has 0 unspecified atom stereocenters. The van der Waals surface area contributed by atoms with E-state index < -0.39 is 0 Å². The Kier molecular flexibility index (Phi) is 4.83. The van der Waals surface area contributed by atoms with Gasteiger partial charge < -0.3 is 15.4 Å². The Bertz CT molecular complexity index is 460. The zero-order chi connectivity index (χ0) is 14.5. The maximum atomic E-state index is 12.3. The highest BCUT2D eigenvalue weighted by Gasteiger charge is 2.31. The van der Waals surface area contributed by atoms with Gasteiger partial charge in [0.1, 0.15) is 0 Å². The summed E-state index contributed by atoms with van der Waals surface area (Å²) in [6, 6.07) is 4.20. The molecule has 0 aromatic carbocycles. The molecule has 2 fully saturated rings. The van der Waals surface area contributed by atoms with Gasteiger partial charge in [0.15, 0.2) is 0 Å². The van der Waals surface area contributed by atoms with E-state index >= 15 is 0 Å². The maximum Gasteiger partial charge on any atom is 0.223 e. The van der Waals surface area contributed by atoms with Crippen LogP contribution >= 0.6 is 0 Å². The highest BCUT2D eigenvalue weighted by atomic mass is 16.5. The van der Waals surface area contributed by atoms with Crippen LogP contribution in [0.25, 0.3) is 0 Å². The van der Waals surface area contributed by atoms with Crippen molar-refractivity contribution < 1.29 is 9.53 Å². The molecule has 1 amide bonds. The molecule has 2 aliphatic rings. The van der Waals surface area contributed by atoms with Crippen LogP contribution < -0.4 is 10.6 Å². The molecule has 2 N–H and O–H groups in total. The lowest BCUT2D eigenvalue weighted by atomic mass is 9.93. The zero-order valence-electron chi connectivity index (χ0n) is 12.3. The number of hydrogen-bond donors (Lipinski definition) is 2. The second-order valence-electron chi connectivity index (χ2n) is 6.00. The van der Waals surface area contributed by atoms with Crippen LogP contribution in [0.1, 0.15) is 18.4 Å². The number of amides is 1. The molecule has 1 aromatic heterocycles. The summed E-state index contributed by atoms with van der Waals surface area (Å²) in [5.74, 6) is 0.721. The number of piperidine rings is 1. The van der Waals surface area contributed by atoms with Crippen molar-refractivity contribution in [2.75, 3.05) is 26.3 Å². The third kappa shape index (κ3) is 3.80. The van der Waals surface area contributed by atoms with E-state index in [1.807, 2.05) is 24.5 Å². The quantitative estimate of drug-likeness (QED) is 0.859. The molecule has 2 atom stereocenters. The number of rotatable bonds is 4. The number of nitrogens with zero attached hydrogens (tertiary/aromatic N) is 1. The minimum atomic E-state index is 0.139. The van der Waals surface area contributed by atoms with Gasteiger partial charge in [0.25, 0.3) is 0 Å².